The van der Waals surface area contributed by atoms with Gasteiger partial charge in [-0.1, -0.05) is 35.3 Å². The maximum absolute atomic E-state index is 6.26. The van der Waals surface area contributed by atoms with Crippen molar-refractivity contribution < 1.29 is 0 Å². The zero-order chi connectivity index (χ0) is 12.0. The number of hydrogen-bond donors (Lipinski definition) is 1. The molecule has 0 bridgehead atoms. The Bertz CT molecular complexity index is 483. The minimum absolute atomic E-state index is 0.147. The first kappa shape index (κ1) is 11.2. The van der Waals surface area contributed by atoms with Gasteiger partial charge >= 0.3 is 0 Å². The van der Waals surface area contributed by atoms with Crippen molar-refractivity contribution in [3.8, 4) is 0 Å². The fraction of sp³-hybridized carbons (Fsp3) is 0.417. The Morgan fingerprint density at radius 3 is 2.76 bits per heavy atom. The Morgan fingerprint density at radius 2 is 2.06 bits per heavy atom. The number of aliphatic imine (C=N–C) groups is 1. The first-order valence-corrected chi connectivity index (χ1v) is 6.46. The molecular formula is C12H13Cl2N3. The van der Waals surface area contributed by atoms with Gasteiger partial charge < -0.3 is 10.6 Å². The maximum Gasteiger partial charge on any atom is 0.192 e. The number of benzene rings is 1. The van der Waals surface area contributed by atoms with E-state index in [9.17, 15) is 0 Å². The van der Waals surface area contributed by atoms with E-state index in [0.717, 1.165) is 5.56 Å². The van der Waals surface area contributed by atoms with Crippen LogP contribution < -0.4 is 5.73 Å². The van der Waals surface area contributed by atoms with E-state index in [4.69, 9.17) is 28.9 Å². The molecule has 0 amide bonds. The van der Waals surface area contributed by atoms with E-state index < -0.39 is 0 Å². The van der Waals surface area contributed by atoms with Gasteiger partial charge in [-0.3, -0.25) is 4.99 Å². The largest absolute Gasteiger partial charge is 0.370 e. The molecule has 1 atom stereocenters. The predicted octanol–water partition coefficient (Wildman–Crippen LogP) is 2.83. The summed E-state index contributed by atoms with van der Waals surface area (Å²) >= 11 is 12.3. The normalized spacial score (nSPS) is 24.0. The Labute approximate surface area is 110 Å². The number of hydrogen-bond acceptors (Lipinski definition) is 3. The molecule has 0 spiro atoms. The van der Waals surface area contributed by atoms with E-state index in [1.807, 2.05) is 12.1 Å². The summed E-state index contributed by atoms with van der Waals surface area (Å²) in [6.45, 7) is 0.669. The van der Waals surface area contributed by atoms with Gasteiger partial charge in [0.25, 0.3) is 0 Å². The van der Waals surface area contributed by atoms with E-state index in [2.05, 4.69) is 9.89 Å². The average Bonchev–Trinajstić information content (AvgIpc) is 3.07. The van der Waals surface area contributed by atoms with E-state index in [1.54, 1.807) is 6.07 Å². The molecule has 1 aromatic carbocycles. The molecule has 3 rings (SSSR count). The summed E-state index contributed by atoms with van der Waals surface area (Å²) in [6.07, 6.45) is 2.37. The highest BCUT2D eigenvalue weighted by atomic mass is 35.5. The summed E-state index contributed by atoms with van der Waals surface area (Å²) in [5.74, 6) is 0.633. The molecule has 3 nitrogen and oxygen atoms in total. The lowest BCUT2D eigenvalue weighted by Gasteiger charge is -2.27. The van der Waals surface area contributed by atoms with Crippen LogP contribution in [-0.4, -0.2) is 23.4 Å². The molecule has 1 saturated carbocycles. The topological polar surface area (TPSA) is 41.6 Å². The molecule has 1 unspecified atom stereocenters. The lowest BCUT2D eigenvalue weighted by Crippen LogP contribution is -2.37. The minimum atomic E-state index is 0.147. The first-order chi connectivity index (χ1) is 8.18. The van der Waals surface area contributed by atoms with E-state index in [-0.39, 0.29) is 6.04 Å². The molecule has 1 heterocycles. The van der Waals surface area contributed by atoms with Crippen molar-refractivity contribution >= 4 is 29.2 Å². The molecule has 1 aliphatic heterocycles. The van der Waals surface area contributed by atoms with Gasteiger partial charge in [0.05, 0.1) is 22.6 Å². The van der Waals surface area contributed by atoms with Crippen molar-refractivity contribution in [3.63, 3.8) is 0 Å². The second kappa shape index (κ2) is 4.07. The summed E-state index contributed by atoms with van der Waals surface area (Å²) in [6, 6.07) is 6.40. The van der Waals surface area contributed by atoms with Crippen LogP contribution in [0.1, 0.15) is 24.4 Å². The fourth-order valence-electron chi connectivity index (χ4n) is 2.33. The highest BCUT2D eigenvalue weighted by Gasteiger charge is 2.39. The molecule has 1 fully saturated rings. The number of guanidine groups is 1. The SMILES string of the molecule is NC1=NCC(c2cccc(Cl)c2Cl)N1C1CC1. The lowest BCUT2D eigenvalue weighted by molar-refractivity contribution is 0.338. The molecule has 0 saturated heterocycles. The van der Waals surface area contributed by atoms with Crippen molar-refractivity contribution in [2.45, 2.75) is 24.9 Å². The Kier molecular flexibility index (Phi) is 2.68. The van der Waals surface area contributed by atoms with Gasteiger partial charge in [-0.15, -0.1) is 0 Å². The zero-order valence-electron chi connectivity index (χ0n) is 9.24. The number of rotatable bonds is 2. The summed E-state index contributed by atoms with van der Waals surface area (Å²) in [5.41, 5.74) is 6.96. The highest BCUT2D eigenvalue weighted by molar-refractivity contribution is 6.42. The monoisotopic (exact) mass is 269 g/mol. The Hall–Kier alpha value is -0.930. The van der Waals surface area contributed by atoms with Gasteiger partial charge in [0, 0.05) is 6.04 Å². The van der Waals surface area contributed by atoms with Crippen molar-refractivity contribution in [2.24, 2.45) is 10.7 Å². The second-order valence-corrected chi connectivity index (χ2v) is 5.28. The van der Waals surface area contributed by atoms with Gasteiger partial charge in [-0.25, -0.2) is 0 Å². The van der Waals surface area contributed by atoms with Crippen LogP contribution in [0.2, 0.25) is 10.0 Å². The van der Waals surface area contributed by atoms with Crippen molar-refractivity contribution in [1.29, 1.82) is 0 Å². The third-order valence-electron chi connectivity index (χ3n) is 3.31. The molecular weight excluding hydrogens is 257 g/mol. The van der Waals surface area contributed by atoms with Crippen molar-refractivity contribution in [3.05, 3.63) is 33.8 Å². The van der Waals surface area contributed by atoms with Crippen molar-refractivity contribution in [1.82, 2.24) is 4.90 Å². The van der Waals surface area contributed by atoms with Crippen LogP contribution in [-0.2, 0) is 0 Å². The van der Waals surface area contributed by atoms with E-state index in [0.29, 0.717) is 28.6 Å². The zero-order valence-corrected chi connectivity index (χ0v) is 10.7. The third-order valence-corrected chi connectivity index (χ3v) is 4.14. The number of halogens is 2. The minimum Gasteiger partial charge on any atom is -0.370 e. The summed E-state index contributed by atoms with van der Waals surface area (Å²) in [7, 11) is 0. The summed E-state index contributed by atoms with van der Waals surface area (Å²) in [5, 5.41) is 1.21. The first-order valence-electron chi connectivity index (χ1n) is 5.70. The smallest absolute Gasteiger partial charge is 0.192 e. The number of nitrogens with two attached hydrogens (primary N) is 1. The maximum atomic E-state index is 6.26. The number of nitrogens with zero attached hydrogens (tertiary/aromatic N) is 2. The van der Waals surface area contributed by atoms with Gasteiger partial charge in [0.15, 0.2) is 5.96 Å². The predicted molar refractivity (Wildman–Crippen MR) is 70.6 cm³/mol. The Morgan fingerprint density at radius 1 is 1.29 bits per heavy atom. The Balaban J connectivity index is 1.96. The molecule has 2 N–H and O–H groups in total. The van der Waals surface area contributed by atoms with Gasteiger partial charge in [0.1, 0.15) is 0 Å². The van der Waals surface area contributed by atoms with Gasteiger partial charge in [0.2, 0.25) is 0 Å². The standard InChI is InChI=1S/C12H13Cl2N3/c13-9-3-1-2-8(11(9)14)10-6-16-12(15)17(10)7-4-5-7/h1-3,7,10H,4-6H2,(H2,15,16). The fourth-order valence-corrected chi connectivity index (χ4v) is 2.76. The quantitative estimate of drug-likeness (QED) is 0.897. The van der Waals surface area contributed by atoms with Crippen molar-refractivity contribution in [2.75, 3.05) is 6.54 Å². The highest BCUT2D eigenvalue weighted by Crippen LogP contribution is 2.40. The molecule has 0 radical (unpaired) electrons. The van der Waals surface area contributed by atoms with Gasteiger partial charge in [-0.05, 0) is 24.5 Å². The van der Waals surface area contributed by atoms with Crippen LogP contribution in [0.5, 0.6) is 0 Å². The van der Waals surface area contributed by atoms with E-state index in [1.165, 1.54) is 12.8 Å². The molecule has 5 heteroatoms. The summed E-state index contributed by atoms with van der Waals surface area (Å²) < 4.78 is 0. The molecule has 90 valence electrons. The van der Waals surface area contributed by atoms with Crippen LogP contribution in [0.4, 0.5) is 0 Å². The second-order valence-electron chi connectivity index (χ2n) is 4.50. The molecule has 0 aromatic heterocycles. The van der Waals surface area contributed by atoms with Crippen LogP contribution >= 0.6 is 23.2 Å². The lowest BCUT2D eigenvalue weighted by atomic mass is 10.1. The van der Waals surface area contributed by atoms with Crippen LogP contribution in [0.15, 0.2) is 23.2 Å². The van der Waals surface area contributed by atoms with E-state index >= 15 is 0 Å². The van der Waals surface area contributed by atoms with Crippen LogP contribution in [0.3, 0.4) is 0 Å². The summed E-state index contributed by atoms with van der Waals surface area (Å²) in [4.78, 5) is 6.50. The van der Waals surface area contributed by atoms with Crippen LogP contribution in [0, 0.1) is 0 Å². The molecule has 1 aromatic rings. The van der Waals surface area contributed by atoms with Gasteiger partial charge in [-0.2, -0.15) is 0 Å². The molecule has 1 aliphatic carbocycles. The average molecular weight is 270 g/mol. The van der Waals surface area contributed by atoms with Crippen LogP contribution in [0.25, 0.3) is 0 Å². The molecule has 17 heavy (non-hydrogen) atoms. The molecule has 2 aliphatic rings. The third kappa shape index (κ3) is 1.87.